The van der Waals surface area contributed by atoms with Gasteiger partial charge in [0.1, 0.15) is 6.54 Å². The van der Waals surface area contributed by atoms with Gasteiger partial charge in [0.2, 0.25) is 11.8 Å². The number of hydrogen-bond donors (Lipinski definition) is 1. The second-order valence-corrected chi connectivity index (χ2v) is 5.68. The lowest BCUT2D eigenvalue weighted by atomic mass is 9.91. The van der Waals surface area contributed by atoms with Gasteiger partial charge in [0.05, 0.1) is 6.61 Å². The Morgan fingerprint density at radius 2 is 2.10 bits per heavy atom. The molecule has 1 heterocycles. The van der Waals surface area contributed by atoms with Crippen molar-refractivity contribution >= 4 is 17.8 Å². The molecule has 2 fully saturated rings. The second kappa shape index (κ2) is 6.89. The van der Waals surface area contributed by atoms with Crippen LogP contribution in [0.5, 0.6) is 0 Å². The lowest BCUT2D eigenvalue weighted by molar-refractivity contribution is -0.136. The summed E-state index contributed by atoms with van der Waals surface area (Å²) in [5.41, 5.74) is 0. The van der Waals surface area contributed by atoms with Crippen molar-refractivity contribution in [2.75, 3.05) is 33.3 Å². The Bertz CT molecular complexity index is 422. The Morgan fingerprint density at radius 3 is 2.57 bits per heavy atom. The highest BCUT2D eigenvalue weighted by molar-refractivity contribution is 6.01. The molecule has 1 aliphatic carbocycles. The van der Waals surface area contributed by atoms with Crippen molar-refractivity contribution in [3.8, 4) is 0 Å². The molecule has 0 atom stereocenters. The van der Waals surface area contributed by atoms with Crippen molar-refractivity contribution in [1.82, 2.24) is 14.7 Å². The molecular weight excluding hydrogens is 274 g/mol. The van der Waals surface area contributed by atoms with Gasteiger partial charge in [-0.05, 0) is 25.7 Å². The molecule has 1 N–H and O–H groups in total. The molecular formula is C14H23N3O4. The summed E-state index contributed by atoms with van der Waals surface area (Å²) in [5.74, 6) is -0.206. The van der Waals surface area contributed by atoms with Crippen LogP contribution in [0.25, 0.3) is 0 Å². The minimum Gasteiger partial charge on any atom is -0.395 e. The summed E-state index contributed by atoms with van der Waals surface area (Å²) in [6.07, 6.45) is 3.90. The molecule has 7 heteroatoms. The number of urea groups is 1. The highest BCUT2D eigenvalue weighted by atomic mass is 16.3. The van der Waals surface area contributed by atoms with Crippen LogP contribution in [0, 0.1) is 0 Å². The fraction of sp³-hybridized carbons (Fsp3) is 0.786. The second-order valence-electron chi connectivity index (χ2n) is 5.68. The minimum absolute atomic E-state index is 0.00111. The quantitative estimate of drug-likeness (QED) is 0.672. The van der Waals surface area contributed by atoms with Gasteiger partial charge in [0.15, 0.2) is 0 Å². The molecule has 0 aromatic heterocycles. The number of likely N-dealkylation sites (N-methyl/N-ethyl adjacent to an activating group) is 1. The number of imide groups is 1. The molecule has 2 rings (SSSR count). The summed E-state index contributed by atoms with van der Waals surface area (Å²) in [5, 5.41) is 9.05. The molecule has 1 aliphatic heterocycles. The van der Waals surface area contributed by atoms with Crippen LogP contribution in [0.4, 0.5) is 4.79 Å². The normalized spacial score (nSPS) is 19.1. The third-order valence-corrected chi connectivity index (χ3v) is 4.18. The first-order valence-corrected chi connectivity index (χ1v) is 7.50. The fourth-order valence-electron chi connectivity index (χ4n) is 2.74. The van der Waals surface area contributed by atoms with Crippen molar-refractivity contribution < 1.29 is 19.5 Å². The number of nitrogens with zero attached hydrogens (tertiary/aromatic N) is 3. The Kier molecular flexibility index (Phi) is 5.17. The first-order chi connectivity index (χ1) is 10.0. The molecule has 0 aromatic carbocycles. The van der Waals surface area contributed by atoms with Gasteiger partial charge in [0, 0.05) is 32.6 Å². The van der Waals surface area contributed by atoms with E-state index in [2.05, 4.69) is 0 Å². The maximum absolute atomic E-state index is 12.2. The Balaban J connectivity index is 1.77. The smallest absolute Gasteiger partial charge is 0.326 e. The summed E-state index contributed by atoms with van der Waals surface area (Å²) < 4.78 is 0. The molecule has 0 aromatic rings. The lowest BCUT2D eigenvalue weighted by Crippen LogP contribution is -2.45. The number of carbonyl (C=O) groups is 3. The van der Waals surface area contributed by atoms with E-state index in [1.165, 1.54) is 9.80 Å². The number of hydrogen-bond acceptors (Lipinski definition) is 4. The predicted octanol–water partition coefficient (Wildman–Crippen LogP) is 0.0340. The van der Waals surface area contributed by atoms with Crippen LogP contribution in [0.3, 0.4) is 0 Å². The van der Waals surface area contributed by atoms with Gasteiger partial charge in [-0.15, -0.1) is 0 Å². The Labute approximate surface area is 124 Å². The molecule has 4 amide bonds. The number of amides is 4. The molecule has 1 saturated heterocycles. The Hall–Kier alpha value is -1.63. The summed E-state index contributed by atoms with van der Waals surface area (Å²) >= 11 is 0. The van der Waals surface area contributed by atoms with Gasteiger partial charge in [-0.1, -0.05) is 0 Å². The van der Waals surface area contributed by atoms with Crippen LogP contribution in [0.15, 0.2) is 0 Å². The van der Waals surface area contributed by atoms with E-state index < -0.39 is 0 Å². The monoisotopic (exact) mass is 297 g/mol. The van der Waals surface area contributed by atoms with Gasteiger partial charge in [-0.3, -0.25) is 14.5 Å². The third kappa shape index (κ3) is 3.53. The number of carbonyl (C=O) groups excluding carboxylic acids is 3. The van der Waals surface area contributed by atoms with Crippen molar-refractivity contribution in [2.45, 2.75) is 38.1 Å². The summed E-state index contributed by atoms with van der Waals surface area (Å²) in [6.45, 7) is 0.737. The maximum atomic E-state index is 12.2. The van der Waals surface area contributed by atoms with Crippen LogP contribution in [0.2, 0.25) is 0 Å². The standard InChI is InChI=1S/C14H23N3O4/c1-15-10-13(20)17(14(15)21)7-3-6-12(19)16(8-9-18)11-4-2-5-11/h11,18H,2-10H2,1H3. The first-order valence-electron chi connectivity index (χ1n) is 7.50. The molecule has 0 bridgehead atoms. The van der Waals surface area contributed by atoms with Gasteiger partial charge >= 0.3 is 6.03 Å². The molecule has 2 aliphatic rings. The Morgan fingerprint density at radius 1 is 1.38 bits per heavy atom. The molecule has 118 valence electrons. The molecule has 0 unspecified atom stereocenters. The number of aliphatic hydroxyl groups is 1. The van der Waals surface area contributed by atoms with Gasteiger partial charge in [-0.25, -0.2) is 4.79 Å². The van der Waals surface area contributed by atoms with Crippen molar-refractivity contribution in [1.29, 1.82) is 0 Å². The highest BCUT2D eigenvalue weighted by Gasteiger charge is 2.33. The van der Waals surface area contributed by atoms with E-state index in [0.29, 0.717) is 19.4 Å². The molecule has 7 nitrogen and oxygen atoms in total. The lowest BCUT2D eigenvalue weighted by Gasteiger charge is -2.37. The molecule has 0 radical (unpaired) electrons. The average Bonchev–Trinajstić information content (AvgIpc) is 2.62. The first kappa shape index (κ1) is 15.8. The molecule has 21 heavy (non-hydrogen) atoms. The minimum atomic E-state index is -0.293. The van der Waals surface area contributed by atoms with E-state index >= 15 is 0 Å². The van der Waals surface area contributed by atoms with E-state index in [-0.39, 0.29) is 43.6 Å². The van der Waals surface area contributed by atoms with E-state index in [9.17, 15) is 14.4 Å². The van der Waals surface area contributed by atoms with Gasteiger partial charge < -0.3 is 14.9 Å². The van der Waals surface area contributed by atoms with E-state index in [1.54, 1.807) is 11.9 Å². The maximum Gasteiger partial charge on any atom is 0.326 e. The predicted molar refractivity (Wildman–Crippen MR) is 75.4 cm³/mol. The summed E-state index contributed by atoms with van der Waals surface area (Å²) in [4.78, 5) is 39.8. The number of aliphatic hydroxyl groups excluding tert-OH is 1. The third-order valence-electron chi connectivity index (χ3n) is 4.18. The largest absolute Gasteiger partial charge is 0.395 e. The zero-order valence-corrected chi connectivity index (χ0v) is 12.5. The van der Waals surface area contributed by atoms with Gasteiger partial charge in [0.25, 0.3) is 0 Å². The van der Waals surface area contributed by atoms with Crippen molar-refractivity contribution in [2.24, 2.45) is 0 Å². The average molecular weight is 297 g/mol. The summed E-state index contributed by atoms with van der Waals surface area (Å²) in [6, 6.07) is -0.0375. The zero-order chi connectivity index (χ0) is 15.4. The van der Waals surface area contributed by atoms with Gasteiger partial charge in [-0.2, -0.15) is 0 Å². The van der Waals surface area contributed by atoms with E-state index in [1.807, 2.05) is 0 Å². The van der Waals surface area contributed by atoms with Crippen LogP contribution in [-0.2, 0) is 9.59 Å². The van der Waals surface area contributed by atoms with Crippen LogP contribution >= 0.6 is 0 Å². The van der Waals surface area contributed by atoms with Crippen LogP contribution < -0.4 is 0 Å². The molecule has 1 saturated carbocycles. The number of rotatable bonds is 7. The van der Waals surface area contributed by atoms with E-state index in [0.717, 1.165) is 19.3 Å². The fourth-order valence-corrected chi connectivity index (χ4v) is 2.74. The summed E-state index contributed by atoms with van der Waals surface area (Å²) in [7, 11) is 1.59. The van der Waals surface area contributed by atoms with Crippen LogP contribution in [0.1, 0.15) is 32.1 Å². The SMILES string of the molecule is CN1CC(=O)N(CCCC(=O)N(CCO)C2CCC2)C1=O. The topological polar surface area (TPSA) is 81.2 Å². The zero-order valence-electron chi connectivity index (χ0n) is 12.5. The van der Waals surface area contributed by atoms with Crippen molar-refractivity contribution in [3.63, 3.8) is 0 Å². The molecule has 0 spiro atoms. The van der Waals surface area contributed by atoms with Crippen molar-refractivity contribution in [3.05, 3.63) is 0 Å². The van der Waals surface area contributed by atoms with Crippen LogP contribution in [-0.4, -0.2) is 77.0 Å². The highest BCUT2D eigenvalue weighted by Crippen LogP contribution is 2.25. The van der Waals surface area contributed by atoms with E-state index in [4.69, 9.17) is 5.11 Å².